The number of hydrogen-bond acceptors (Lipinski definition) is 2. The van der Waals surface area contributed by atoms with Gasteiger partial charge in [-0.3, -0.25) is 4.79 Å². The fraction of sp³-hybridized carbons (Fsp3) is 0.385. The van der Waals surface area contributed by atoms with E-state index in [4.69, 9.17) is 5.11 Å². The van der Waals surface area contributed by atoms with E-state index in [0.717, 1.165) is 0 Å². The minimum atomic E-state index is -1.17. The summed E-state index contributed by atoms with van der Waals surface area (Å²) in [6.07, 6.45) is -0.0690. The first kappa shape index (κ1) is 14.2. The quantitative estimate of drug-likeness (QED) is 0.837. The molecule has 0 aromatic heterocycles. The highest BCUT2D eigenvalue weighted by Crippen LogP contribution is 2.09. The highest BCUT2D eigenvalue weighted by Gasteiger charge is 2.22. The minimum absolute atomic E-state index is 0.0690. The van der Waals surface area contributed by atoms with Crippen LogP contribution in [0.15, 0.2) is 24.3 Å². The van der Waals surface area contributed by atoms with Crippen LogP contribution in [0.4, 0.5) is 4.39 Å². The molecule has 0 spiro atoms. The number of amides is 1. The van der Waals surface area contributed by atoms with Gasteiger partial charge in [-0.1, -0.05) is 32.0 Å². The Morgan fingerprint density at radius 3 is 2.44 bits per heavy atom. The molecule has 2 N–H and O–H groups in total. The lowest BCUT2D eigenvalue weighted by atomic mass is 10.0. The summed E-state index contributed by atoms with van der Waals surface area (Å²) in [5.41, 5.74) is 0.272. The van der Waals surface area contributed by atoms with Crippen molar-refractivity contribution < 1.29 is 19.1 Å². The molecule has 0 aliphatic heterocycles. The zero-order chi connectivity index (χ0) is 13.7. The van der Waals surface area contributed by atoms with Gasteiger partial charge in [0.2, 0.25) is 5.91 Å². The molecule has 0 saturated heterocycles. The van der Waals surface area contributed by atoms with Crippen LogP contribution in [0.25, 0.3) is 0 Å². The molecule has 1 aromatic carbocycles. The fourth-order valence-electron chi connectivity index (χ4n) is 1.42. The molecule has 1 atom stereocenters. The zero-order valence-corrected chi connectivity index (χ0v) is 10.3. The van der Waals surface area contributed by atoms with Crippen molar-refractivity contribution >= 4 is 11.9 Å². The van der Waals surface area contributed by atoms with Crippen LogP contribution in [0, 0.1) is 11.7 Å². The molecule has 0 fully saturated rings. The first-order valence-corrected chi connectivity index (χ1v) is 5.68. The second kappa shape index (κ2) is 6.14. The topological polar surface area (TPSA) is 66.4 Å². The standard InChI is InChI=1S/C13H16FNO3/c1-8(2)12(16)15-11(13(17)18)7-9-5-3-4-6-10(9)14/h3-6,8,11H,7H2,1-2H3,(H,15,16)(H,17,18). The van der Waals surface area contributed by atoms with Crippen molar-refractivity contribution in [1.82, 2.24) is 5.32 Å². The van der Waals surface area contributed by atoms with Gasteiger partial charge in [-0.15, -0.1) is 0 Å². The molecular weight excluding hydrogens is 237 g/mol. The molecule has 4 nitrogen and oxygen atoms in total. The lowest BCUT2D eigenvalue weighted by molar-refractivity contribution is -0.142. The van der Waals surface area contributed by atoms with Gasteiger partial charge in [0.25, 0.3) is 0 Å². The molecule has 1 rings (SSSR count). The summed E-state index contributed by atoms with van der Waals surface area (Å²) >= 11 is 0. The van der Waals surface area contributed by atoms with E-state index in [0.29, 0.717) is 0 Å². The Morgan fingerprint density at radius 1 is 1.33 bits per heavy atom. The summed E-state index contributed by atoms with van der Waals surface area (Å²) in [6, 6.07) is 4.81. The molecule has 18 heavy (non-hydrogen) atoms. The van der Waals surface area contributed by atoms with Gasteiger partial charge in [-0.2, -0.15) is 0 Å². The van der Waals surface area contributed by atoms with E-state index in [1.54, 1.807) is 19.9 Å². The number of carboxylic acid groups (broad SMARTS) is 1. The first-order chi connectivity index (χ1) is 8.41. The maximum absolute atomic E-state index is 13.4. The van der Waals surface area contributed by atoms with Gasteiger partial charge in [-0.05, 0) is 11.6 Å². The van der Waals surface area contributed by atoms with Gasteiger partial charge in [0, 0.05) is 12.3 Å². The maximum Gasteiger partial charge on any atom is 0.326 e. The van der Waals surface area contributed by atoms with Crippen LogP contribution in [-0.4, -0.2) is 23.0 Å². The van der Waals surface area contributed by atoms with E-state index in [2.05, 4.69) is 5.32 Å². The lowest BCUT2D eigenvalue weighted by Crippen LogP contribution is -2.44. The second-order valence-electron chi connectivity index (χ2n) is 4.35. The number of carbonyl (C=O) groups excluding carboxylic acids is 1. The number of halogens is 1. The van der Waals surface area contributed by atoms with E-state index in [-0.39, 0.29) is 23.8 Å². The Kier molecular flexibility index (Phi) is 4.83. The van der Waals surface area contributed by atoms with Crippen LogP contribution in [0.3, 0.4) is 0 Å². The summed E-state index contributed by atoms with van der Waals surface area (Å²) in [7, 11) is 0. The third-order valence-electron chi connectivity index (χ3n) is 2.52. The molecule has 1 amide bonds. The number of hydrogen-bond donors (Lipinski definition) is 2. The number of rotatable bonds is 5. The summed E-state index contributed by atoms with van der Waals surface area (Å²) in [4.78, 5) is 22.5. The van der Waals surface area contributed by atoms with Crippen molar-refractivity contribution in [2.45, 2.75) is 26.3 Å². The maximum atomic E-state index is 13.4. The van der Waals surface area contributed by atoms with Gasteiger partial charge in [-0.25, -0.2) is 9.18 Å². The normalized spacial score (nSPS) is 12.2. The van der Waals surface area contributed by atoms with Gasteiger partial charge in [0.15, 0.2) is 0 Å². The molecule has 0 aliphatic carbocycles. The summed E-state index contributed by atoms with van der Waals surface area (Å²) < 4.78 is 13.4. The van der Waals surface area contributed by atoms with Crippen LogP contribution >= 0.6 is 0 Å². The van der Waals surface area contributed by atoms with E-state index < -0.39 is 17.8 Å². The SMILES string of the molecule is CC(C)C(=O)NC(Cc1ccccc1F)C(=O)O. The van der Waals surface area contributed by atoms with E-state index in [1.165, 1.54) is 18.2 Å². The average molecular weight is 253 g/mol. The molecule has 1 aromatic rings. The van der Waals surface area contributed by atoms with E-state index in [1.807, 2.05) is 0 Å². The highest BCUT2D eigenvalue weighted by molar-refractivity contribution is 5.84. The summed E-state index contributed by atoms with van der Waals surface area (Å²) in [5, 5.41) is 11.4. The predicted molar refractivity (Wildman–Crippen MR) is 64.5 cm³/mol. The minimum Gasteiger partial charge on any atom is -0.480 e. The van der Waals surface area contributed by atoms with Crippen LogP contribution in [-0.2, 0) is 16.0 Å². The smallest absolute Gasteiger partial charge is 0.326 e. The van der Waals surface area contributed by atoms with Gasteiger partial charge < -0.3 is 10.4 Å². The van der Waals surface area contributed by atoms with Gasteiger partial charge in [0.1, 0.15) is 11.9 Å². The van der Waals surface area contributed by atoms with Crippen LogP contribution in [0.5, 0.6) is 0 Å². The van der Waals surface area contributed by atoms with Crippen molar-refractivity contribution in [3.8, 4) is 0 Å². The summed E-state index contributed by atoms with van der Waals surface area (Å²) in [6.45, 7) is 3.33. The Bertz CT molecular complexity index is 446. The van der Waals surface area contributed by atoms with Crippen LogP contribution in [0.1, 0.15) is 19.4 Å². The molecule has 1 unspecified atom stereocenters. The zero-order valence-electron chi connectivity index (χ0n) is 10.3. The third-order valence-corrected chi connectivity index (χ3v) is 2.52. The average Bonchev–Trinajstić information content (AvgIpc) is 2.30. The van der Waals surface area contributed by atoms with Gasteiger partial charge >= 0.3 is 5.97 Å². The largest absolute Gasteiger partial charge is 0.480 e. The molecule has 0 saturated carbocycles. The Labute approximate surface area is 105 Å². The molecule has 0 bridgehead atoms. The highest BCUT2D eigenvalue weighted by atomic mass is 19.1. The Balaban J connectivity index is 2.79. The molecular formula is C13H16FNO3. The Hall–Kier alpha value is -1.91. The second-order valence-corrected chi connectivity index (χ2v) is 4.35. The molecule has 5 heteroatoms. The fourth-order valence-corrected chi connectivity index (χ4v) is 1.42. The van der Waals surface area contributed by atoms with Crippen LogP contribution < -0.4 is 5.32 Å². The third kappa shape index (κ3) is 3.84. The van der Waals surface area contributed by atoms with Crippen molar-refractivity contribution in [2.24, 2.45) is 5.92 Å². The molecule has 0 radical (unpaired) electrons. The van der Waals surface area contributed by atoms with Crippen molar-refractivity contribution in [3.05, 3.63) is 35.6 Å². The molecule has 98 valence electrons. The molecule has 0 heterocycles. The van der Waals surface area contributed by atoms with Crippen molar-refractivity contribution in [2.75, 3.05) is 0 Å². The number of aliphatic carboxylic acids is 1. The van der Waals surface area contributed by atoms with Crippen molar-refractivity contribution in [3.63, 3.8) is 0 Å². The van der Waals surface area contributed by atoms with E-state index >= 15 is 0 Å². The number of carbonyl (C=O) groups is 2. The molecule has 0 aliphatic rings. The van der Waals surface area contributed by atoms with E-state index in [9.17, 15) is 14.0 Å². The first-order valence-electron chi connectivity index (χ1n) is 5.68. The number of carboxylic acids is 1. The van der Waals surface area contributed by atoms with Crippen molar-refractivity contribution in [1.29, 1.82) is 0 Å². The number of benzene rings is 1. The monoisotopic (exact) mass is 253 g/mol. The van der Waals surface area contributed by atoms with Crippen LogP contribution in [0.2, 0.25) is 0 Å². The summed E-state index contributed by atoms with van der Waals surface area (Å²) in [5.74, 6) is -2.32. The van der Waals surface area contributed by atoms with Gasteiger partial charge in [0.05, 0.1) is 0 Å². The number of nitrogens with one attached hydrogen (secondary N) is 1. The lowest BCUT2D eigenvalue weighted by Gasteiger charge is -2.16. The Morgan fingerprint density at radius 2 is 1.94 bits per heavy atom. The predicted octanol–water partition coefficient (Wildman–Crippen LogP) is 1.59.